The number of fused-ring (bicyclic) bond motifs is 1. The van der Waals surface area contributed by atoms with Gasteiger partial charge in [-0.1, -0.05) is 68.8 Å². The predicted octanol–water partition coefficient (Wildman–Crippen LogP) is 4.50. The second kappa shape index (κ2) is 10.6. The largest absolute Gasteiger partial charge is 0.356 e. The van der Waals surface area contributed by atoms with Gasteiger partial charge in [0.05, 0.1) is 12.1 Å². The maximum atomic E-state index is 12.1. The van der Waals surface area contributed by atoms with Crippen molar-refractivity contribution in [3.8, 4) is 11.3 Å². The zero-order valence-corrected chi connectivity index (χ0v) is 19.3. The van der Waals surface area contributed by atoms with Crippen LogP contribution in [0.4, 0.5) is 5.82 Å². The minimum Gasteiger partial charge on any atom is -0.356 e. The molecule has 168 valence electrons. The van der Waals surface area contributed by atoms with Crippen LogP contribution in [0, 0.1) is 0 Å². The van der Waals surface area contributed by atoms with Crippen molar-refractivity contribution in [1.82, 2.24) is 15.2 Å². The molecule has 4 rings (SSSR count). The van der Waals surface area contributed by atoms with Gasteiger partial charge in [-0.15, -0.1) is 0 Å². The van der Waals surface area contributed by atoms with E-state index >= 15 is 0 Å². The standard InChI is InChI=1S/C27H34N4O/c1-3-5-14-28-26(32)19-21-10-12-22(13-11-21)25-20-23-8-6-7-9-24(23)27(29-25)31-17-15-30(4-2)16-18-31/h6-13,20H,3-5,14-19H2,1-2H3,(H,28,32). The number of likely N-dealkylation sites (N-methyl/N-ethyl adjacent to an activating group) is 1. The van der Waals surface area contributed by atoms with E-state index in [1.807, 2.05) is 12.1 Å². The maximum Gasteiger partial charge on any atom is 0.224 e. The summed E-state index contributed by atoms with van der Waals surface area (Å²) in [7, 11) is 0. The number of aromatic nitrogens is 1. The molecule has 0 aliphatic carbocycles. The molecule has 5 heteroatoms. The summed E-state index contributed by atoms with van der Waals surface area (Å²) >= 11 is 0. The van der Waals surface area contributed by atoms with Gasteiger partial charge in [-0.3, -0.25) is 4.79 Å². The van der Waals surface area contributed by atoms with Crippen molar-refractivity contribution in [1.29, 1.82) is 0 Å². The van der Waals surface area contributed by atoms with Crippen LogP contribution in [0.15, 0.2) is 54.6 Å². The van der Waals surface area contributed by atoms with Crippen molar-refractivity contribution in [3.05, 3.63) is 60.2 Å². The number of unbranched alkanes of at least 4 members (excludes halogenated alkanes) is 1. The van der Waals surface area contributed by atoms with E-state index in [9.17, 15) is 4.79 Å². The van der Waals surface area contributed by atoms with Gasteiger partial charge in [-0.25, -0.2) is 4.98 Å². The SMILES string of the molecule is CCCCNC(=O)Cc1ccc(-c2cc3ccccc3c(N3CCN(CC)CC3)n2)cc1. The lowest BCUT2D eigenvalue weighted by molar-refractivity contribution is -0.120. The fourth-order valence-corrected chi connectivity index (χ4v) is 4.29. The average molecular weight is 431 g/mol. The van der Waals surface area contributed by atoms with Crippen molar-refractivity contribution >= 4 is 22.5 Å². The van der Waals surface area contributed by atoms with Gasteiger partial charge in [-0.2, -0.15) is 0 Å². The quantitative estimate of drug-likeness (QED) is 0.535. The van der Waals surface area contributed by atoms with Crippen LogP contribution < -0.4 is 10.2 Å². The highest BCUT2D eigenvalue weighted by molar-refractivity contribution is 5.95. The van der Waals surface area contributed by atoms with E-state index in [0.717, 1.165) is 74.7 Å². The molecule has 0 saturated carbocycles. The molecule has 1 aromatic heterocycles. The average Bonchev–Trinajstić information content (AvgIpc) is 2.84. The van der Waals surface area contributed by atoms with Crippen molar-refractivity contribution in [3.63, 3.8) is 0 Å². The molecule has 0 bridgehead atoms. The van der Waals surface area contributed by atoms with Gasteiger partial charge < -0.3 is 15.1 Å². The molecule has 1 aliphatic heterocycles. The third-order valence-corrected chi connectivity index (χ3v) is 6.31. The number of hydrogen-bond acceptors (Lipinski definition) is 4. The Morgan fingerprint density at radius 1 is 1.00 bits per heavy atom. The smallest absolute Gasteiger partial charge is 0.224 e. The maximum absolute atomic E-state index is 12.1. The minimum absolute atomic E-state index is 0.0866. The zero-order chi connectivity index (χ0) is 22.3. The third-order valence-electron chi connectivity index (χ3n) is 6.31. The van der Waals surface area contributed by atoms with Gasteiger partial charge in [0.15, 0.2) is 0 Å². The molecule has 5 nitrogen and oxygen atoms in total. The van der Waals surface area contributed by atoms with Gasteiger partial charge in [-0.05, 0) is 30.0 Å². The molecule has 1 saturated heterocycles. The van der Waals surface area contributed by atoms with Crippen molar-refractivity contribution in [2.75, 3.05) is 44.2 Å². The Balaban J connectivity index is 1.56. The second-order valence-corrected chi connectivity index (χ2v) is 8.55. The molecular weight excluding hydrogens is 396 g/mol. The first kappa shape index (κ1) is 22.3. The third kappa shape index (κ3) is 5.28. The molecule has 0 atom stereocenters. The predicted molar refractivity (Wildman–Crippen MR) is 133 cm³/mol. The van der Waals surface area contributed by atoms with E-state index in [2.05, 4.69) is 71.4 Å². The molecular formula is C27H34N4O. The topological polar surface area (TPSA) is 48.5 Å². The molecule has 2 aromatic carbocycles. The number of nitrogens with zero attached hydrogens (tertiary/aromatic N) is 3. The first-order valence-corrected chi connectivity index (χ1v) is 11.9. The summed E-state index contributed by atoms with van der Waals surface area (Å²) in [5.74, 6) is 1.16. The van der Waals surface area contributed by atoms with E-state index in [-0.39, 0.29) is 5.91 Å². The van der Waals surface area contributed by atoms with E-state index in [0.29, 0.717) is 6.42 Å². The van der Waals surface area contributed by atoms with E-state index in [1.54, 1.807) is 0 Å². The number of piperazine rings is 1. The Hall–Kier alpha value is -2.92. The Morgan fingerprint density at radius 2 is 1.75 bits per heavy atom. The van der Waals surface area contributed by atoms with Crippen LogP contribution in [0.25, 0.3) is 22.0 Å². The molecule has 0 spiro atoms. The monoisotopic (exact) mass is 430 g/mol. The number of amides is 1. The Kier molecular flexibility index (Phi) is 7.38. The molecule has 32 heavy (non-hydrogen) atoms. The highest BCUT2D eigenvalue weighted by Crippen LogP contribution is 2.30. The fourth-order valence-electron chi connectivity index (χ4n) is 4.29. The molecule has 1 N–H and O–H groups in total. The number of rotatable bonds is 8. The number of anilines is 1. The lowest BCUT2D eigenvalue weighted by atomic mass is 10.0. The number of benzene rings is 2. The normalized spacial score (nSPS) is 14.6. The van der Waals surface area contributed by atoms with Gasteiger partial charge in [0, 0.05) is 43.7 Å². The highest BCUT2D eigenvalue weighted by atomic mass is 16.1. The molecule has 1 amide bonds. The summed E-state index contributed by atoms with van der Waals surface area (Å²) in [5, 5.41) is 5.41. The molecule has 0 unspecified atom stereocenters. The summed E-state index contributed by atoms with van der Waals surface area (Å²) in [4.78, 5) is 22.1. The Bertz CT molecular complexity index is 1040. The summed E-state index contributed by atoms with van der Waals surface area (Å²) in [6, 6.07) is 19.0. The lowest BCUT2D eigenvalue weighted by Gasteiger charge is -2.35. The van der Waals surface area contributed by atoms with Crippen LogP contribution in [-0.2, 0) is 11.2 Å². The van der Waals surface area contributed by atoms with Crippen molar-refractivity contribution in [2.24, 2.45) is 0 Å². The molecule has 1 aliphatic rings. The minimum atomic E-state index is 0.0866. The van der Waals surface area contributed by atoms with Crippen molar-refractivity contribution < 1.29 is 4.79 Å². The van der Waals surface area contributed by atoms with Gasteiger partial charge >= 0.3 is 0 Å². The fraction of sp³-hybridized carbons (Fsp3) is 0.407. The summed E-state index contributed by atoms with van der Waals surface area (Å²) in [6.07, 6.45) is 2.53. The molecule has 2 heterocycles. The van der Waals surface area contributed by atoms with Crippen molar-refractivity contribution in [2.45, 2.75) is 33.1 Å². The van der Waals surface area contributed by atoms with Crippen LogP contribution in [0.3, 0.4) is 0 Å². The summed E-state index contributed by atoms with van der Waals surface area (Å²) in [6.45, 7) is 10.4. The van der Waals surface area contributed by atoms with Crippen LogP contribution in [-0.4, -0.2) is 55.1 Å². The lowest BCUT2D eigenvalue weighted by Crippen LogP contribution is -2.46. The Labute approximate surface area is 191 Å². The molecule has 1 fully saturated rings. The number of pyridine rings is 1. The zero-order valence-electron chi connectivity index (χ0n) is 19.3. The Morgan fingerprint density at radius 3 is 2.47 bits per heavy atom. The second-order valence-electron chi connectivity index (χ2n) is 8.55. The van der Waals surface area contributed by atoms with Gasteiger partial charge in [0.1, 0.15) is 5.82 Å². The van der Waals surface area contributed by atoms with Gasteiger partial charge in [0.25, 0.3) is 0 Å². The number of hydrogen-bond donors (Lipinski definition) is 1. The first-order chi connectivity index (χ1) is 15.7. The van der Waals surface area contributed by atoms with Crippen LogP contribution in [0.2, 0.25) is 0 Å². The number of carbonyl (C=O) groups is 1. The number of nitrogens with one attached hydrogen (secondary N) is 1. The number of carbonyl (C=O) groups excluding carboxylic acids is 1. The summed E-state index contributed by atoms with van der Waals surface area (Å²) < 4.78 is 0. The van der Waals surface area contributed by atoms with E-state index in [1.165, 1.54) is 10.8 Å². The highest BCUT2D eigenvalue weighted by Gasteiger charge is 2.19. The van der Waals surface area contributed by atoms with Crippen LogP contribution in [0.1, 0.15) is 32.3 Å². The van der Waals surface area contributed by atoms with Gasteiger partial charge in [0.2, 0.25) is 5.91 Å². The van der Waals surface area contributed by atoms with Crippen LogP contribution in [0.5, 0.6) is 0 Å². The molecule has 0 radical (unpaired) electrons. The summed E-state index contributed by atoms with van der Waals surface area (Å²) in [5.41, 5.74) is 3.09. The van der Waals surface area contributed by atoms with Crippen LogP contribution >= 0.6 is 0 Å². The van der Waals surface area contributed by atoms with E-state index < -0.39 is 0 Å². The molecule has 3 aromatic rings. The van der Waals surface area contributed by atoms with E-state index in [4.69, 9.17) is 4.98 Å². The first-order valence-electron chi connectivity index (χ1n) is 11.9.